The number of ether oxygens (including phenoxy) is 2. The largest absolute Gasteiger partial charge is 0.489 e. The number of benzene rings is 2. The number of hydrogen-bond acceptors (Lipinski definition) is 4. The van der Waals surface area contributed by atoms with Crippen LogP contribution >= 0.6 is 11.6 Å². The Morgan fingerprint density at radius 2 is 1.84 bits per heavy atom. The molecule has 2 heterocycles. The molecule has 0 unspecified atom stereocenters. The van der Waals surface area contributed by atoms with Crippen molar-refractivity contribution in [3.63, 3.8) is 0 Å². The quantitative estimate of drug-likeness (QED) is 0.272. The summed E-state index contributed by atoms with van der Waals surface area (Å²) in [4.78, 5) is 24.8. The van der Waals surface area contributed by atoms with Gasteiger partial charge in [0.1, 0.15) is 12.4 Å². The lowest BCUT2D eigenvalue weighted by atomic mass is 10.0. The van der Waals surface area contributed by atoms with E-state index in [1.165, 1.54) is 0 Å². The molecule has 2 aromatic heterocycles. The van der Waals surface area contributed by atoms with Crippen molar-refractivity contribution in [3.05, 3.63) is 94.8 Å². The number of esters is 1. The molecule has 0 amide bonds. The monoisotopic (exact) mass is 433 g/mol. The van der Waals surface area contributed by atoms with Crippen molar-refractivity contribution >= 4 is 29.4 Å². The van der Waals surface area contributed by atoms with Gasteiger partial charge in [-0.15, -0.1) is 0 Å². The fourth-order valence-electron chi connectivity index (χ4n) is 3.56. The van der Waals surface area contributed by atoms with Crippen LogP contribution in [0.15, 0.2) is 72.9 Å². The van der Waals surface area contributed by atoms with Crippen LogP contribution < -0.4 is 4.74 Å². The second-order valence-electron chi connectivity index (χ2n) is 6.85. The minimum Gasteiger partial charge on any atom is -0.489 e. The molecular formula is C25H20ClNO4. The van der Waals surface area contributed by atoms with Crippen molar-refractivity contribution < 1.29 is 19.1 Å². The van der Waals surface area contributed by atoms with Crippen LogP contribution in [0, 0.1) is 0 Å². The van der Waals surface area contributed by atoms with Crippen LogP contribution in [-0.2, 0) is 11.3 Å². The predicted octanol–water partition coefficient (Wildman–Crippen LogP) is 5.83. The Labute approximate surface area is 184 Å². The van der Waals surface area contributed by atoms with E-state index in [1.54, 1.807) is 53.9 Å². The van der Waals surface area contributed by atoms with Gasteiger partial charge in [0.25, 0.3) is 0 Å². The van der Waals surface area contributed by atoms with Gasteiger partial charge < -0.3 is 13.9 Å². The molecule has 0 saturated carbocycles. The first-order valence-electron chi connectivity index (χ1n) is 9.86. The third-order valence-electron chi connectivity index (χ3n) is 4.93. The van der Waals surface area contributed by atoms with Gasteiger partial charge in [-0.05, 0) is 42.8 Å². The van der Waals surface area contributed by atoms with Gasteiger partial charge in [-0.2, -0.15) is 0 Å². The fraction of sp³-hybridized carbons (Fsp3) is 0.120. The van der Waals surface area contributed by atoms with E-state index < -0.39 is 5.97 Å². The lowest BCUT2D eigenvalue weighted by Gasteiger charge is -2.11. The summed E-state index contributed by atoms with van der Waals surface area (Å²) in [5.41, 5.74) is 3.26. The van der Waals surface area contributed by atoms with E-state index in [9.17, 15) is 9.59 Å². The molecule has 0 bridgehead atoms. The number of nitrogens with zero attached hydrogens (tertiary/aromatic N) is 1. The maximum atomic E-state index is 12.8. The second kappa shape index (κ2) is 9.06. The molecule has 2 aromatic carbocycles. The Hall–Kier alpha value is -3.57. The second-order valence-corrected chi connectivity index (χ2v) is 7.25. The van der Waals surface area contributed by atoms with Gasteiger partial charge in [0, 0.05) is 17.3 Å². The highest BCUT2D eigenvalue weighted by Gasteiger charge is 2.26. The van der Waals surface area contributed by atoms with Crippen molar-refractivity contribution in [2.24, 2.45) is 0 Å². The average molecular weight is 434 g/mol. The number of halogens is 1. The molecule has 0 N–H and O–H groups in total. The van der Waals surface area contributed by atoms with Crippen LogP contribution in [0.1, 0.15) is 33.3 Å². The summed E-state index contributed by atoms with van der Waals surface area (Å²) < 4.78 is 12.8. The van der Waals surface area contributed by atoms with Gasteiger partial charge in [-0.25, -0.2) is 4.79 Å². The Morgan fingerprint density at radius 1 is 1.06 bits per heavy atom. The molecule has 0 saturated heterocycles. The smallest absolute Gasteiger partial charge is 0.340 e. The van der Waals surface area contributed by atoms with Gasteiger partial charge in [-0.1, -0.05) is 48.0 Å². The Morgan fingerprint density at radius 3 is 2.55 bits per heavy atom. The molecule has 156 valence electrons. The zero-order valence-electron chi connectivity index (χ0n) is 16.9. The molecule has 0 aliphatic heterocycles. The van der Waals surface area contributed by atoms with E-state index in [4.69, 9.17) is 21.1 Å². The molecule has 0 atom stereocenters. The number of fused-ring (bicyclic) bond motifs is 1. The Bertz CT molecular complexity index is 1250. The molecule has 5 nitrogen and oxygen atoms in total. The highest BCUT2D eigenvalue weighted by Crippen LogP contribution is 2.38. The van der Waals surface area contributed by atoms with Gasteiger partial charge >= 0.3 is 5.97 Å². The Balaban J connectivity index is 1.78. The zero-order valence-corrected chi connectivity index (χ0v) is 17.6. The minimum atomic E-state index is -0.505. The standard InChI is InChI=1S/C25H20ClNO4/c1-2-30-25(29)24-21-10-6-7-13-27(21)22(15-28)23(24)19-12-11-18(14-20(19)26)31-16-17-8-4-3-5-9-17/h3-15H,2,16H2,1H3. The zero-order chi connectivity index (χ0) is 21.8. The summed E-state index contributed by atoms with van der Waals surface area (Å²) in [6, 6.07) is 20.4. The van der Waals surface area contributed by atoms with E-state index >= 15 is 0 Å². The molecule has 0 spiro atoms. The first-order chi connectivity index (χ1) is 15.1. The average Bonchev–Trinajstić information content (AvgIpc) is 3.12. The molecule has 0 aliphatic carbocycles. The highest BCUT2D eigenvalue weighted by atomic mass is 35.5. The third kappa shape index (κ3) is 4.05. The SMILES string of the molecule is CCOC(=O)c1c(-c2ccc(OCc3ccccc3)cc2Cl)c(C=O)n2ccccc12. The number of carbonyl (C=O) groups excluding carboxylic acids is 2. The number of aldehydes is 1. The van der Waals surface area contributed by atoms with E-state index in [-0.39, 0.29) is 6.61 Å². The summed E-state index contributed by atoms with van der Waals surface area (Å²) >= 11 is 6.60. The van der Waals surface area contributed by atoms with Crippen molar-refractivity contribution in [3.8, 4) is 16.9 Å². The van der Waals surface area contributed by atoms with Gasteiger partial charge in [0.05, 0.1) is 28.4 Å². The first-order valence-corrected chi connectivity index (χ1v) is 10.2. The molecule has 6 heteroatoms. The number of rotatable bonds is 7. The van der Waals surface area contributed by atoms with Gasteiger partial charge in [0.2, 0.25) is 0 Å². The van der Waals surface area contributed by atoms with Crippen molar-refractivity contribution in [1.82, 2.24) is 4.40 Å². The van der Waals surface area contributed by atoms with E-state index in [2.05, 4.69) is 0 Å². The fourth-order valence-corrected chi connectivity index (χ4v) is 3.83. The van der Waals surface area contributed by atoms with Crippen LogP contribution in [0.4, 0.5) is 0 Å². The van der Waals surface area contributed by atoms with Crippen LogP contribution in [0.2, 0.25) is 5.02 Å². The summed E-state index contributed by atoms with van der Waals surface area (Å²) in [5.74, 6) is 0.0847. The number of carbonyl (C=O) groups is 2. The first kappa shape index (κ1) is 20.7. The van der Waals surface area contributed by atoms with Gasteiger partial charge in [0.15, 0.2) is 6.29 Å². The molecule has 0 aliphatic rings. The summed E-state index contributed by atoms with van der Waals surface area (Å²) in [6.45, 7) is 2.36. The lowest BCUT2D eigenvalue weighted by molar-refractivity contribution is 0.0529. The van der Waals surface area contributed by atoms with E-state index in [1.807, 2.05) is 30.3 Å². The van der Waals surface area contributed by atoms with Crippen molar-refractivity contribution in [2.45, 2.75) is 13.5 Å². The minimum absolute atomic E-state index is 0.221. The highest BCUT2D eigenvalue weighted by molar-refractivity contribution is 6.34. The topological polar surface area (TPSA) is 57.0 Å². The van der Waals surface area contributed by atoms with Crippen LogP contribution in [0.5, 0.6) is 5.75 Å². The number of aromatic nitrogens is 1. The van der Waals surface area contributed by atoms with E-state index in [0.29, 0.717) is 45.3 Å². The normalized spacial score (nSPS) is 10.8. The third-order valence-corrected chi connectivity index (χ3v) is 5.24. The summed E-state index contributed by atoms with van der Waals surface area (Å²) in [6.07, 6.45) is 2.46. The molecule has 0 radical (unpaired) electrons. The van der Waals surface area contributed by atoms with Crippen molar-refractivity contribution in [2.75, 3.05) is 6.61 Å². The Kier molecular flexibility index (Phi) is 6.05. The molecule has 0 fully saturated rings. The molecule has 4 aromatic rings. The van der Waals surface area contributed by atoms with Crippen LogP contribution in [-0.4, -0.2) is 23.3 Å². The molecular weight excluding hydrogens is 414 g/mol. The van der Waals surface area contributed by atoms with Crippen LogP contribution in [0.3, 0.4) is 0 Å². The van der Waals surface area contributed by atoms with Crippen LogP contribution in [0.25, 0.3) is 16.6 Å². The summed E-state index contributed by atoms with van der Waals surface area (Å²) in [7, 11) is 0. The summed E-state index contributed by atoms with van der Waals surface area (Å²) in [5, 5.41) is 0.370. The predicted molar refractivity (Wildman–Crippen MR) is 120 cm³/mol. The number of hydrogen-bond donors (Lipinski definition) is 0. The molecule has 31 heavy (non-hydrogen) atoms. The van der Waals surface area contributed by atoms with E-state index in [0.717, 1.165) is 11.8 Å². The lowest BCUT2D eigenvalue weighted by Crippen LogP contribution is -2.06. The maximum absolute atomic E-state index is 12.8. The van der Waals surface area contributed by atoms with Gasteiger partial charge in [-0.3, -0.25) is 4.79 Å². The van der Waals surface area contributed by atoms with Crippen molar-refractivity contribution in [1.29, 1.82) is 0 Å². The molecule has 4 rings (SSSR count). The number of pyridine rings is 1. The maximum Gasteiger partial charge on any atom is 0.340 e.